The molecule has 206 valence electrons. The maximum Gasteiger partial charge on any atom is 0.273 e. The number of aromatic nitrogens is 1. The molecule has 2 amide bonds. The minimum Gasteiger partial charge on any atom is -0.493 e. The van der Waals surface area contributed by atoms with Gasteiger partial charge < -0.3 is 24.0 Å². The van der Waals surface area contributed by atoms with Crippen molar-refractivity contribution in [2.45, 2.75) is 31.8 Å². The summed E-state index contributed by atoms with van der Waals surface area (Å²) in [6, 6.07) is 16.0. The minimum atomic E-state index is -0.105. The van der Waals surface area contributed by atoms with E-state index in [-0.39, 0.29) is 17.7 Å². The minimum absolute atomic E-state index is 0.0397. The van der Waals surface area contributed by atoms with Crippen LogP contribution >= 0.6 is 11.3 Å². The van der Waals surface area contributed by atoms with E-state index in [4.69, 9.17) is 19.2 Å². The predicted octanol–water partition coefficient (Wildman–Crippen LogP) is 5.50. The molecule has 0 bridgehead atoms. The molecule has 1 fully saturated rings. The number of benzene rings is 3. The molecule has 0 atom stereocenters. The first-order valence-corrected chi connectivity index (χ1v) is 14.2. The number of methoxy groups -OCH3 is 3. The number of piperidine rings is 1. The lowest BCUT2D eigenvalue weighted by Gasteiger charge is -2.31. The number of rotatable bonds is 6. The van der Waals surface area contributed by atoms with Gasteiger partial charge in [-0.3, -0.25) is 9.59 Å². The van der Waals surface area contributed by atoms with E-state index < -0.39 is 0 Å². The number of hydrogen-bond donors (Lipinski definition) is 0. The molecule has 0 spiro atoms. The van der Waals surface area contributed by atoms with E-state index in [0.717, 1.165) is 17.8 Å². The maximum atomic E-state index is 13.5. The first-order valence-electron chi connectivity index (χ1n) is 13.3. The molecule has 0 N–H and O–H groups in total. The Morgan fingerprint density at radius 1 is 0.825 bits per heavy atom. The van der Waals surface area contributed by atoms with Crippen molar-refractivity contribution in [2.75, 3.05) is 34.4 Å². The maximum absolute atomic E-state index is 13.5. The summed E-state index contributed by atoms with van der Waals surface area (Å²) in [5, 5.41) is 5.32. The third kappa shape index (κ3) is 4.54. The van der Waals surface area contributed by atoms with Gasteiger partial charge in [0.05, 0.1) is 31.9 Å². The summed E-state index contributed by atoms with van der Waals surface area (Å²) in [5.74, 6) is 1.34. The summed E-state index contributed by atoms with van der Waals surface area (Å²) in [4.78, 5) is 35.4. The van der Waals surface area contributed by atoms with Gasteiger partial charge in [0.2, 0.25) is 5.75 Å². The Kier molecular flexibility index (Phi) is 7.06. The van der Waals surface area contributed by atoms with Crippen LogP contribution in [0.2, 0.25) is 0 Å². The Hall–Kier alpha value is -4.11. The predicted molar refractivity (Wildman–Crippen MR) is 154 cm³/mol. The summed E-state index contributed by atoms with van der Waals surface area (Å²) in [7, 11) is 4.59. The fourth-order valence-electron chi connectivity index (χ4n) is 5.88. The van der Waals surface area contributed by atoms with Gasteiger partial charge in [-0.05, 0) is 46.9 Å². The van der Waals surface area contributed by atoms with Gasteiger partial charge in [0.25, 0.3) is 11.8 Å². The van der Waals surface area contributed by atoms with Gasteiger partial charge in [-0.25, -0.2) is 4.98 Å². The van der Waals surface area contributed by atoms with E-state index in [1.165, 1.54) is 47.5 Å². The molecule has 9 heteroatoms. The van der Waals surface area contributed by atoms with Crippen LogP contribution in [0.3, 0.4) is 0 Å². The summed E-state index contributed by atoms with van der Waals surface area (Å²) in [6.45, 7) is 2.36. The van der Waals surface area contributed by atoms with Crippen molar-refractivity contribution in [3.8, 4) is 17.2 Å². The molecule has 8 nitrogen and oxygen atoms in total. The standard InChI is InChI=1S/C31H31N3O5S/c1-37-25-11-10-23(27(38-2)28(25)39-3)30(35)33-14-12-20(13-15-33)29-32-24(18-40-29)31(36)34-16-21-8-4-6-19-7-5-9-22(17-34)26(19)21/h4-11,18,20H,12-17H2,1-3H3. The van der Waals surface area contributed by atoms with E-state index in [9.17, 15) is 9.59 Å². The molecule has 0 radical (unpaired) electrons. The fourth-order valence-corrected chi connectivity index (χ4v) is 6.85. The normalized spacial score (nSPS) is 15.3. The molecule has 6 rings (SSSR count). The Bertz CT molecular complexity index is 1550. The number of hydrogen-bond acceptors (Lipinski definition) is 7. The number of carbonyl (C=O) groups excluding carboxylic acids is 2. The highest BCUT2D eigenvalue weighted by atomic mass is 32.1. The van der Waals surface area contributed by atoms with E-state index in [1.807, 2.05) is 15.2 Å². The number of ether oxygens (including phenoxy) is 3. The van der Waals surface area contributed by atoms with Crippen LogP contribution in [-0.4, -0.2) is 61.0 Å². The zero-order valence-electron chi connectivity index (χ0n) is 22.8. The molecular weight excluding hydrogens is 526 g/mol. The molecule has 3 heterocycles. The van der Waals surface area contributed by atoms with Crippen molar-refractivity contribution in [1.82, 2.24) is 14.8 Å². The monoisotopic (exact) mass is 557 g/mol. The SMILES string of the molecule is COc1ccc(C(=O)N2CCC(c3nc(C(=O)N4Cc5cccc6cccc(c56)C4)cs3)CC2)c(OC)c1OC. The second-order valence-corrected chi connectivity index (χ2v) is 11.0. The Morgan fingerprint density at radius 3 is 2.12 bits per heavy atom. The van der Waals surface area contributed by atoms with E-state index in [1.54, 1.807) is 19.2 Å². The second-order valence-electron chi connectivity index (χ2n) is 10.1. The lowest BCUT2D eigenvalue weighted by Crippen LogP contribution is -2.38. The average Bonchev–Trinajstić information content (AvgIpc) is 3.50. The van der Waals surface area contributed by atoms with Crippen LogP contribution in [0.1, 0.15) is 55.7 Å². The average molecular weight is 558 g/mol. The summed E-state index contributed by atoms with van der Waals surface area (Å²) >= 11 is 1.54. The molecule has 2 aliphatic heterocycles. The first kappa shape index (κ1) is 26.1. The number of likely N-dealkylation sites (tertiary alicyclic amines) is 1. The molecule has 2 aliphatic rings. The highest BCUT2D eigenvalue weighted by molar-refractivity contribution is 7.09. The molecule has 4 aromatic rings. The van der Waals surface area contributed by atoms with Gasteiger partial charge >= 0.3 is 0 Å². The molecule has 3 aromatic carbocycles. The second kappa shape index (κ2) is 10.8. The Labute approximate surface area is 237 Å². The van der Waals surface area contributed by atoms with E-state index in [2.05, 4.69) is 36.4 Å². The van der Waals surface area contributed by atoms with Crippen molar-refractivity contribution >= 4 is 33.9 Å². The topological polar surface area (TPSA) is 81.2 Å². The van der Waals surface area contributed by atoms with Crippen molar-refractivity contribution < 1.29 is 23.8 Å². The highest BCUT2D eigenvalue weighted by Crippen LogP contribution is 2.41. The molecule has 0 saturated carbocycles. The zero-order valence-corrected chi connectivity index (χ0v) is 23.6. The van der Waals surface area contributed by atoms with Crippen LogP contribution in [0, 0.1) is 0 Å². The van der Waals surface area contributed by atoms with Crippen LogP contribution < -0.4 is 14.2 Å². The quantitative estimate of drug-likeness (QED) is 0.312. The van der Waals surface area contributed by atoms with E-state index in [0.29, 0.717) is 54.7 Å². The van der Waals surface area contributed by atoms with Gasteiger partial charge in [-0.15, -0.1) is 11.3 Å². The van der Waals surface area contributed by atoms with Crippen molar-refractivity contribution in [1.29, 1.82) is 0 Å². The summed E-state index contributed by atoms with van der Waals surface area (Å²) in [6.07, 6.45) is 1.56. The lowest BCUT2D eigenvalue weighted by molar-refractivity contribution is 0.0708. The zero-order chi connectivity index (χ0) is 27.8. The van der Waals surface area contributed by atoms with Crippen LogP contribution in [-0.2, 0) is 13.1 Å². The Balaban J connectivity index is 1.12. The molecule has 40 heavy (non-hydrogen) atoms. The van der Waals surface area contributed by atoms with Crippen LogP contribution in [0.15, 0.2) is 53.9 Å². The van der Waals surface area contributed by atoms with Crippen molar-refractivity contribution in [2.24, 2.45) is 0 Å². The third-order valence-electron chi connectivity index (χ3n) is 7.89. The van der Waals surface area contributed by atoms with Crippen LogP contribution in [0.25, 0.3) is 10.8 Å². The highest BCUT2D eigenvalue weighted by Gasteiger charge is 2.31. The van der Waals surface area contributed by atoms with Crippen molar-refractivity contribution in [3.63, 3.8) is 0 Å². The van der Waals surface area contributed by atoms with Gasteiger partial charge in [-0.1, -0.05) is 36.4 Å². The van der Waals surface area contributed by atoms with Crippen LogP contribution in [0.5, 0.6) is 17.2 Å². The Morgan fingerprint density at radius 2 is 1.50 bits per heavy atom. The molecular formula is C31H31N3O5S. The smallest absolute Gasteiger partial charge is 0.273 e. The molecule has 0 aliphatic carbocycles. The van der Waals surface area contributed by atoms with E-state index >= 15 is 0 Å². The van der Waals surface area contributed by atoms with Gasteiger partial charge in [-0.2, -0.15) is 0 Å². The molecule has 0 unspecified atom stereocenters. The van der Waals surface area contributed by atoms with Gasteiger partial charge in [0.15, 0.2) is 11.5 Å². The number of thiazole rings is 1. The number of amides is 2. The number of carbonyl (C=O) groups is 2. The summed E-state index contributed by atoms with van der Waals surface area (Å²) in [5.41, 5.74) is 3.29. The van der Waals surface area contributed by atoms with Gasteiger partial charge in [0.1, 0.15) is 5.69 Å². The molecule has 1 saturated heterocycles. The van der Waals surface area contributed by atoms with Gasteiger partial charge in [0, 0.05) is 37.5 Å². The first-order chi connectivity index (χ1) is 19.5. The number of nitrogens with zero attached hydrogens (tertiary/aromatic N) is 3. The largest absolute Gasteiger partial charge is 0.493 e. The third-order valence-corrected chi connectivity index (χ3v) is 8.90. The van der Waals surface area contributed by atoms with Crippen molar-refractivity contribution in [3.05, 3.63) is 81.3 Å². The van der Waals surface area contributed by atoms with Crippen LogP contribution in [0.4, 0.5) is 0 Å². The molecule has 1 aromatic heterocycles. The summed E-state index contributed by atoms with van der Waals surface area (Å²) < 4.78 is 16.3. The lowest BCUT2D eigenvalue weighted by atomic mass is 9.95. The fraction of sp³-hybridized carbons (Fsp3) is 0.323.